The highest BCUT2D eigenvalue weighted by Gasteiger charge is 2.24. The number of aromatic amines is 1. The summed E-state index contributed by atoms with van der Waals surface area (Å²) in [6, 6.07) is 5.39. The van der Waals surface area contributed by atoms with Crippen LogP contribution >= 0.6 is 0 Å². The molecule has 0 fully saturated rings. The van der Waals surface area contributed by atoms with Crippen molar-refractivity contribution in [1.82, 2.24) is 20.6 Å². The Morgan fingerprint density at radius 3 is 2.58 bits per heavy atom. The molecule has 1 aromatic heterocycles. The van der Waals surface area contributed by atoms with Crippen LogP contribution in [0.15, 0.2) is 18.2 Å². The quantitative estimate of drug-likeness (QED) is 0.660. The van der Waals surface area contributed by atoms with E-state index < -0.39 is 5.41 Å². The van der Waals surface area contributed by atoms with Crippen molar-refractivity contribution in [2.75, 3.05) is 0 Å². The molecule has 6 heteroatoms. The largest absolute Gasteiger partial charge is 0.426 e. The summed E-state index contributed by atoms with van der Waals surface area (Å²) in [6.45, 7) is 7.32. The zero-order chi connectivity index (χ0) is 14.0. The zero-order valence-electron chi connectivity index (χ0n) is 11.4. The van der Waals surface area contributed by atoms with Crippen molar-refractivity contribution in [2.45, 2.75) is 27.7 Å². The summed E-state index contributed by atoms with van der Waals surface area (Å²) in [5.74, 6) is 0.798. The lowest BCUT2D eigenvalue weighted by Gasteiger charge is -2.17. The van der Waals surface area contributed by atoms with Gasteiger partial charge in [0, 0.05) is 5.56 Å². The summed E-state index contributed by atoms with van der Waals surface area (Å²) < 4.78 is 5.38. The Morgan fingerprint density at radius 2 is 2.05 bits per heavy atom. The number of tetrazole rings is 1. The van der Waals surface area contributed by atoms with E-state index in [1.165, 1.54) is 0 Å². The Kier molecular flexibility index (Phi) is 3.33. The van der Waals surface area contributed by atoms with Gasteiger partial charge in [-0.15, -0.1) is 10.2 Å². The summed E-state index contributed by atoms with van der Waals surface area (Å²) in [4.78, 5) is 11.8. The monoisotopic (exact) mass is 260 g/mol. The normalized spacial score (nSPS) is 11.4. The van der Waals surface area contributed by atoms with E-state index in [0.717, 1.165) is 11.1 Å². The van der Waals surface area contributed by atoms with Gasteiger partial charge in [-0.25, -0.2) is 0 Å². The van der Waals surface area contributed by atoms with Gasteiger partial charge in [-0.2, -0.15) is 5.21 Å². The van der Waals surface area contributed by atoms with E-state index >= 15 is 0 Å². The third-order valence-electron chi connectivity index (χ3n) is 2.59. The number of ether oxygens (including phenoxy) is 1. The minimum absolute atomic E-state index is 0.261. The summed E-state index contributed by atoms with van der Waals surface area (Å²) in [6.07, 6.45) is 0. The number of H-pyrrole nitrogens is 1. The zero-order valence-corrected chi connectivity index (χ0v) is 11.4. The first kappa shape index (κ1) is 13.2. The molecule has 0 saturated heterocycles. The standard InChI is InChI=1S/C13H16N4O2/c1-8-7-9(11-14-16-17-15-11)5-6-10(8)19-12(18)13(2,3)4/h5-7H,1-4H3,(H,14,15,16,17). The van der Waals surface area contributed by atoms with E-state index in [-0.39, 0.29) is 5.97 Å². The maximum atomic E-state index is 11.8. The first-order valence-electron chi connectivity index (χ1n) is 5.94. The first-order valence-corrected chi connectivity index (χ1v) is 5.94. The van der Waals surface area contributed by atoms with Crippen molar-refractivity contribution in [3.63, 3.8) is 0 Å². The molecular formula is C13H16N4O2. The van der Waals surface area contributed by atoms with Gasteiger partial charge in [0.05, 0.1) is 5.41 Å². The summed E-state index contributed by atoms with van der Waals surface area (Å²) >= 11 is 0. The number of aryl methyl sites for hydroxylation is 1. The molecule has 1 N–H and O–H groups in total. The van der Waals surface area contributed by atoms with Gasteiger partial charge in [0.15, 0.2) is 0 Å². The van der Waals surface area contributed by atoms with Crippen LogP contribution in [0.25, 0.3) is 11.4 Å². The van der Waals surface area contributed by atoms with Crippen LogP contribution in [-0.4, -0.2) is 26.6 Å². The number of carbonyl (C=O) groups is 1. The Balaban J connectivity index is 2.23. The lowest BCUT2D eigenvalue weighted by molar-refractivity contribution is -0.143. The van der Waals surface area contributed by atoms with E-state index in [4.69, 9.17) is 4.74 Å². The van der Waals surface area contributed by atoms with Gasteiger partial charge >= 0.3 is 5.97 Å². The summed E-state index contributed by atoms with van der Waals surface area (Å²) in [5, 5.41) is 13.7. The molecule has 0 radical (unpaired) electrons. The Labute approximate surface area is 111 Å². The number of nitrogens with one attached hydrogen (secondary N) is 1. The highest BCUT2D eigenvalue weighted by molar-refractivity contribution is 5.78. The molecule has 19 heavy (non-hydrogen) atoms. The third kappa shape index (κ3) is 2.96. The van der Waals surface area contributed by atoms with E-state index in [1.807, 2.05) is 33.8 Å². The van der Waals surface area contributed by atoms with Crippen molar-refractivity contribution in [1.29, 1.82) is 0 Å². The average molecular weight is 260 g/mol. The van der Waals surface area contributed by atoms with Crippen LogP contribution in [0.4, 0.5) is 0 Å². The Hall–Kier alpha value is -2.24. The highest BCUT2D eigenvalue weighted by Crippen LogP contribution is 2.26. The number of aromatic nitrogens is 4. The van der Waals surface area contributed by atoms with Crippen LogP contribution in [0.5, 0.6) is 5.75 Å². The molecule has 2 rings (SSSR count). The second kappa shape index (κ2) is 4.79. The Bertz CT molecular complexity index is 585. The van der Waals surface area contributed by atoms with Gasteiger partial charge < -0.3 is 4.74 Å². The number of benzene rings is 1. The predicted molar refractivity (Wildman–Crippen MR) is 69.4 cm³/mol. The number of rotatable bonds is 2. The molecule has 1 aromatic carbocycles. The average Bonchev–Trinajstić information content (AvgIpc) is 2.84. The van der Waals surface area contributed by atoms with Gasteiger partial charge in [-0.3, -0.25) is 4.79 Å². The van der Waals surface area contributed by atoms with Crippen LogP contribution in [0.1, 0.15) is 26.3 Å². The lowest BCUT2D eigenvalue weighted by atomic mass is 9.97. The SMILES string of the molecule is Cc1cc(-c2nn[nH]n2)ccc1OC(=O)C(C)(C)C. The number of carbonyl (C=O) groups excluding carboxylic acids is 1. The topological polar surface area (TPSA) is 80.8 Å². The van der Waals surface area contributed by atoms with E-state index in [9.17, 15) is 4.79 Å². The summed E-state index contributed by atoms with van der Waals surface area (Å²) in [7, 11) is 0. The molecule has 2 aromatic rings. The fourth-order valence-electron chi connectivity index (χ4n) is 1.44. The molecule has 0 unspecified atom stereocenters. The van der Waals surface area contributed by atoms with Gasteiger partial charge in [-0.1, -0.05) is 0 Å². The lowest BCUT2D eigenvalue weighted by Crippen LogP contribution is -2.25. The number of esters is 1. The molecule has 100 valence electrons. The van der Waals surface area contributed by atoms with Crippen LogP contribution in [0.2, 0.25) is 0 Å². The molecule has 0 saturated carbocycles. The summed E-state index contributed by atoms with van der Waals surface area (Å²) in [5.41, 5.74) is 1.14. The number of nitrogens with zero attached hydrogens (tertiary/aromatic N) is 3. The minimum atomic E-state index is -0.529. The fraction of sp³-hybridized carbons (Fsp3) is 0.385. The molecule has 6 nitrogen and oxygen atoms in total. The van der Waals surface area contributed by atoms with Crippen LogP contribution in [0.3, 0.4) is 0 Å². The fourth-order valence-corrected chi connectivity index (χ4v) is 1.44. The predicted octanol–water partition coefficient (Wildman–Crippen LogP) is 2.13. The highest BCUT2D eigenvalue weighted by atomic mass is 16.5. The smallest absolute Gasteiger partial charge is 0.316 e. The first-order chi connectivity index (χ1) is 8.88. The van der Waals surface area contributed by atoms with E-state index in [2.05, 4.69) is 20.6 Å². The van der Waals surface area contributed by atoms with Crippen LogP contribution in [-0.2, 0) is 4.79 Å². The third-order valence-corrected chi connectivity index (χ3v) is 2.59. The van der Waals surface area contributed by atoms with Crippen LogP contribution in [0, 0.1) is 12.3 Å². The van der Waals surface area contributed by atoms with Crippen molar-refractivity contribution < 1.29 is 9.53 Å². The molecule has 0 atom stereocenters. The molecule has 0 aliphatic rings. The van der Waals surface area contributed by atoms with Gasteiger partial charge in [0.1, 0.15) is 5.75 Å². The molecule has 0 aliphatic heterocycles. The molecule has 0 amide bonds. The van der Waals surface area contributed by atoms with Crippen molar-refractivity contribution in [3.05, 3.63) is 23.8 Å². The number of hydrogen-bond acceptors (Lipinski definition) is 5. The second-order valence-electron chi connectivity index (χ2n) is 5.36. The van der Waals surface area contributed by atoms with E-state index in [1.54, 1.807) is 12.1 Å². The van der Waals surface area contributed by atoms with Gasteiger partial charge in [0.2, 0.25) is 5.82 Å². The molecule has 0 bridgehead atoms. The van der Waals surface area contributed by atoms with Crippen molar-refractivity contribution >= 4 is 5.97 Å². The molecular weight excluding hydrogens is 244 g/mol. The van der Waals surface area contributed by atoms with Crippen LogP contribution < -0.4 is 4.74 Å². The molecule has 0 aliphatic carbocycles. The van der Waals surface area contributed by atoms with Crippen molar-refractivity contribution in [2.24, 2.45) is 5.41 Å². The maximum Gasteiger partial charge on any atom is 0.316 e. The van der Waals surface area contributed by atoms with Gasteiger partial charge in [0.25, 0.3) is 0 Å². The van der Waals surface area contributed by atoms with E-state index in [0.29, 0.717) is 11.6 Å². The second-order valence-corrected chi connectivity index (χ2v) is 5.36. The minimum Gasteiger partial charge on any atom is -0.426 e. The van der Waals surface area contributed by atoms with Gasteiger partial charge in [-0.05, 0) is 56.7 Å². The van der Waals surface area contributed by atoms with Crippen molar-refractivity contribution in [3.8, 4) is 17.1 Å². The molecule has 0 spiro atoms. The maximum absolute atomic E-state index is 11.8. The Morgan fingerprint density at radius 1 is 1.32 bits per heavy atom. The molecule has 1 heterocycles. The number of hydrogen-bond donors (Lipinski definition) is 1.